The number of aromatic amines is 1. The molecule has 4 heteroatoms. The van der Waals surface area contributed by atoms with Crippen LogP contribution in [-0.2, 0) is 0 Å². The summed E-state index contributed by atoms with van der Waals surface area (Å²) in [5.41, 5.74) is 4.36. The van der Waals surface area contributed by atoms with Crippen LogP contribution in [0.25, 0.3) is 49.1 Å². The highest BCUT2D eigenvalue weighted by Crippen LogP contribution is 2.36. The summed E-state index contributed by atoms with van der Waals surface area (Å²) in [5, 5.41) is 6.03. The maximum absolute atomic E-state index is 4.58. The normalized spacial score (nSPS) is 12.2. The molecule has 0 aliphatic carbocycles. The highest BCUT2D eigenvalue weighted by atomic mass is 15.0. The molecule has 0 fully saturated rings. The number of H-pyrrole nitrogens is 1. The number of hydrogen-bond acceptors (Lipinski definition) is 2. The van der Waals surface area contributed by atoms with Gasteiger partial charge in [-0.15, -0.1) is 0 Å². The molecule has 0 saturated carbocycles. The van der Waals surface area contributed by atoms with Crippen molar-refractivity contribution >= 4 is 49.1 Å². The van der Waals surface area contributed by atoms with Crippen molar-refractivity contribution < 1.29 is 0 Å². The molecule has 0 aliphatic heterocycles. The molecule has 0 saturated heterocycles. The first-order valence-corrected chi connectivity index (χ1v) is 7.94. The van der Waals surface area contributed by atoms with E-state index in [1.807, 2.05) is 24.8 Å². The zero-order valence-electron chi connectivity index (χ0n) is 12.7. The van der Waals surface area contributed by atoms with Gasteiger partial charge in [-0.05, 0) is 18.2 Å². The number of hydrogen-bond donors (Lipinski definition) is 1. The van der Waals surface area contributed by atoms with Crippen LogP contribution >= 0.6 is 0 Å². The molecule has 1 N–H and O–H groups in total. The molecule has 4 aromatic heterocycles. The van der Waals surface area contributed by atoms with Crippen LogP contribution in [0.1, 0.15) is 0 Å². The molecular weight excluding hydrogens is 296 g/mol. The van der Waals surface area contributed by atoms with E-state index < -0.39 is 0 Å². The number of imidazole rings is 1. The first-order valence-electron chi connectivity index (χ1n) is 7.94. The second-order valence-electron chi connectivity index (χ2n) is 6.09. The summed E-state index contributed by atoms with van der Waals surface area (Å²) >= 11 is 0. The van der Waals surface area contributed by atoms with Crippen molar-refractivity contribution in [1.82, 2.24) is 19.4 Å². The van der Waals surface area contributed by atoms with Gasteiger partial charge in [-0.25, -0.2) is 4.98 Å². The number of nitrogens with one attached hydrogen (secondary N) is 1. The molecule has 24 heavy (non-hydrogen) atoms. The molecule has 0 atom stereocenters. The lowest BCUT2D eigenvalue weighted by atomic mass is 10.0. The van der Waals surface area contributed by atoms with E-state index in [2.05, 4.69) is 61.8 Å². The Morgan fingerprint density at radius 1 is 0.833 bits per heavy atom. The highest BCUT2D eigenvalue weighted by Gasteiger charge is 2.14. The summed E-state index contributed by atoms with van der Waals surface area (Å²) in [6.45, 7) is 0. The molecule has 0 aliphatic rings. The summed E-state index contributed by atoms with van der Waals surface area (Å²) in [6.07, 6.45) is 7.60. The fourth-order valence-electron chi connectivity index (χ4n) is 3.87. The van der Waals surface area contributed by atoms with Crippen molar-refractivity contribution in [2.45, 2.75) is 0 Å². The Kier molecular flexibility index (Phi) is 2.07. The molecular formula is C20H12N4. The van der Waals surface area contributed by atoms with Crippen molar-refractivity contribution in [2.24, 2.45) is 0 Å². The third kappa shape index (κ3) is 1.34. The van der Waals surface area contributed by atoms with E-state index in [0.717, 1.165) is 27.6 Å². The molecule has 0 amide bonds. The molecule has 0 unspecified atom stereocenters. The number of fused-ring (bicyclic) bond motifs is 10. The Balaban J connectivity index is 2.03. The van der Waals surface area contributed by atoms with Gasteiger partial charge < -0.3 is 4.98 Å². The summed E-state index contributed by atoms with van der Waals surface area (Å²) in [7, 11) is 0. The minimum absolute atomic E-state index is 0.964. The summed E-state index contributed by atoms with van der Waals surface area (Å²) < 4.78 is 2.11. The fourth-order valence-corrected chi connectivity index (χ4v) is 3.87. The number of pyridine rings is 2. The summed E-state index contributed by atoms with van der Waals surface area (Å²) in [6, 6.07) is 14.9. The van der Waals surface area contributed by atoms with Crippen LogP contribution in [-0.4, -0.2) is 19.4 Å². The van der Waals surface area contributed by atoms with Gasteiger partial charge in [0.25, 0.3) is 0 Å². The largest absolute Gasteiger partial charge is 0.354 e. The van der Waals surface area contributed by atoms with Crippen molar-refractivity contribution in [1.29, 1.82) is 0 Å². The minimum atomic E-state index is 0.964. The van der Waals surface area contributed by atoms with Gasteiger partial charge in [0, 0.05) is 51.0 Å². The van der Waals surface area contributed by atoms with Crippen LogP contribution in [0.4, 0.5) is 0 Å². The molecule has 6 aromatic rings. The average molecular weight is 308 g/mol. The van der Waals surface area contributed by atoms with Crippen molar-refractivity contribution in [3.8, 4) is 0 Å². The number of rotatable bonds is 0. The highest BCUT2D eigenvalue weighted by molar-refractivity contribution is 6.26. The smallest absolute Gasteiger partial charge is 0.145 e. The van der Waals surface area contributed by atoms with Crippen LogP contribution in [0.2, 0.25) is 0 Å². The van der Waals surface area contributed by atoms with E-state index in [1.54, 1.807) is 0 Å². The predicted molar refractivity (Wildman–Crippen MR) is 97.4 cm³/mol. The molecule has 0 spiro atoms. The maximum Gasteiger partial charge on any atom is 0.145 e. The average Bonchev–Trinajstić information content (AvgIpc) is 3.26. The number of nitrogens with zero attached hydrogens (tertiary/aromatic N) is 3. The summed E-state index contributed by atoms with van der Waals surface area (Å²) in [4.78, 5) is 12.5. The quantitative estimate of drug-likeness (QED) is 0.414. The Labute approximate surface area is 136 Å². The molecule has 0 bridgehead atoms. The first-order chi connectivity index (χ1) is 11.9. The van der Waals surface area contributed by atoms with Crippen LogP contribution < -0.4 is 0 Å². The Bertz CT molecular complexity index is 1410. The Hall–Kier alpha value is -3.40. The molecule has 4 heterocycles. The Morgan fingerprint density at radius 2 is 1.75 bits per heavy atom. The van der Waals surface area contributed by atoms with E-state index in [0.29, 0.717) is 0 Å². The van der Waals surface area contributed by atoms with Gasteiger partial charge in [-0.2, -0.15) is 0 Å². The van der Waals surface area contributed by atoms with Crippen molar-refractivity contribution in [3.05, 3.63) is 67.3 Å². The van der Waals surface area contributed by atoms with Gasteiger partial charge in [0.15, 0.2) is 0 Å². The third-order valence-electron chi connectivity index (χ3n) is 4.89. The lowest BCUT2D eigenvalue weighted by molar-refractivity contribution is 1.24. The molecule has 6 rings (SSSR count). The first kappa shape index (κ1) is 12.1. The third-order valence-corrected chi connectivity index (χ3v) is 4.89. The van der Waals surface area contributed by atoms with Gasteiger partial charge in [0.05, 0.1) is 17.2 Å². The molecule has 2 aromatic carbocycles. The Morgan fingerprint density at radius 3 is 2.75 bits per heavy atom. The van der Waals surface area contributed by atoms with Gasteiger partial charge in [0.2, 0.25) is 0 Å². The zero-order valence-corrected chi connectivity index (χ0v) is 12.7. The van der Waals surface area contributed by atoms with E-state index in [1.165, 1.54) is 21.5 Å². The van der Waals surface area contributed by atoms with E-state index >= 15 is 0 Å². The second-order valence-corrected chi connectivity index (χ2v) is 6.09. The van der Waals surface area contributed by atoms with Gasteiger partial charge in [0.1, 0.15) is 5.65 Å². The van der Waals surface area contributed by atoms with Crippen molar-refractivity contribution in [2.75, 3.05) is 0 Å². The molecule has 4 nitrogen and oxygen atoms in total. The predicted octanol–water partition coefficient (Wildman–Crippen LogP) is 4.67. The van der Waals surface area contributed by atoms with E-state index in [4.69, 9.17) is 0 Å². The molecule has 112 valence electrons. The van der Waals surface area contributed by atoms with Crippen LogP contribution in [0, 0.1) is 0 Å². The lowest BCUT2D eigenvalue weighted by Gasteiger charge is -2.08. The minimum Gasteiger partial charge on any atom is -0.354 e. The lowest BCUT2D eigenvalue weighted by Crippen LogP contribution is -1.91. The zero-order chi connectivity index (χ0) is 15.7. The maximum atomic E-state index is 4.58. The topological polar surface area (TPSA) is 46.0 Å². The number of benzene rings is 2. The van der Waals surface area contributed by atoms with Crippen LogP contribution in [0.15, 0.2) is 67.3 Å². The van der Waals surface area contributed by atoms with Gasteiger partial charge in [-0.3, -0.25) is 9.38 Å². The van der Waals surface area contributed by atoms with Crippen LogP contribution in [0.3, 0.4) is 0 Å². The fraction of sp³-hybridized carbons (Fsp3) is 0. The number of aromatic nitrogens is 4. The SMILES string of the molecule is c1ccc2c(c1)[nH]c1c2ccc2c1c1ccncc1n1ccnc21. The monoisotopic (exact) mass is 308 g/mol. The van der Waals surface area contributed by atoms with Crippen LogP contribution in [0.5, 0.6) is 0 Å². The van der Waals surface area contributed by atoms with Gasteiger partial charge in [-0.1, -0.05) is 24.3 Å². The van der Waals surface area contributed by atoms with Gasteiger partial charge >= 0.3 is 0 Å². The second kappa shape index (κ2) is 4.11. The number of para-hydroxylation sites is 1. The van der Waals surface area contributed by atoms with E-state index in [-0.39, 0.29) is 0 Å². The van der Waals surface area contributed by atoms with E-state index in [9.17, 15) is 0 Å². The van der Waals surface area contributed by atoms with Crippen molar-refractivity contribution in [3.63, 3.8) is 0 Å². The standard InChI is InChI=1S/C20H12N4/c1-2-4-16-12(3-1)13-5-6-15-18(19(13)23-16)14-7-8-21-11-17(14)24-10-9-22-20(15)24/h1-11,23H. The molecule has 0 radical (unpaired) electrons. The summed E-state index contributed by atoms with van der Waals surface area (Å²) in [5.74, 6) is 0.